The Hall–Kier alpha value is -2.60. The lowest BCUT2D eigenvalue weighted by Gasteiger charge is -2.12. The molecule has 0 aliphatic carbocycles. The summed E-state index contributed by atoms with van der Waals surface area (Å²) < 4.78 is 2.19. The lowest BCUT2D eigenvalue weighted by Crippen LogP contribution is -2.14. The molecule has 1 unspecified atom stereocenters. The molecule has 4 rings (SSSR count). The van der Waals surface area contributed by atoms with Crippen molar-refractivity contribution < 1.29 is 4.79 Å². The molecular formula is C17H14N4OS. The Balaban J connectivity index is 1.59. The molecule has 23 heavy (non-hydrogen) atoms. The predicted octanol–water partition coefficient (Wildman–Crippen LogP) is 3.32. The third-order valence-corrected chi connectivity index (χ3v) is 5.03. The van der Waals surface area contributed by atoms with Crippen LogP contribution in [0.3, 0.4) is 0 Å². The quantitative estimate of drug-likeness (QED) is 0.803. The maximum atomic E-state index is 12.3. The van der Waals surface area contributed by atoms with Gasteiger partial charge in [0.1, 0.15) is 11.1 Å². The summed E-state index contributed by atoms with van der Waals surface area (Å²) in [6.07, 6.45) is 7.30. The maximum absolute atomic E-state index is 12.3. The highest BCUT2D eigenvalue weighted by atomic mass is 32.2. The minimum Gasteiger partial charge on any atom is -0.332 e. The normalized spacial score (nSPS) is 16.1. The van der Waals surface area contributed by atoms with Gasteiger partial charge in [0, 0.05) is 36.1 Å². The highest BCUT2D eigenvalue weighted by Crippen LogP contribution is 2.43. The highest BCUT2D eigenvalue weighted by Gasteiger charge is 2.27. The minimum atomic E-state index is -0.186. The van der Waals surface area contributed by atoms with Crippen molar-refractivity contribution >= 4 is 23.4 Å². The van der Waals surface area contributed by atoms with Gasteiger partial charge in [-0.25, -0.2) is 0 Å². The first kappa shape index (κ1) is 14.0. The van der Waals surface area contributed by atoms with E-state index in [4.69, 9.17) is 0 Å². The third-order valence-electron chi connectivity index (χ3n) is 3.77. The maximum Gasteiger partial charge on any atom is 0.274 e. The van der Waals surface area contributed by atoms with Crippen molar-refractivity contribution in [1.29, 1.82) is 0 Å². The van der Waals surface area contributed by atoms with Crippen LogP contribution < -0.4 is 5.32 Å². The van der Waals surface area contributed by atoms with E-state index in [-0.39, 0.29) is 11.3 Å². The predicted molar refractivity (Wildman–Crippen MR) is 90.3 cm³/mol. The first-order chi connectivity index (χ1) is 11.3. The SMILES string of the molecule is O=C(Nc1ccn2c1CSC2c1cccnc1)c1ccccn1. The molecule has 1 N–H and O–H groups in total. The van der Waals surface area contributed by atoms with E-state index in [2.05, 4.69) is 25.9 Å². The largest absolute Gasteiger partial charge is 0.332 e. The molecule has 1 aliphatic rings. The molecule has 3 aromatic rings. The van der Waals surface area contributed by atoms with Crippen LogP contribution in [0.2, 0.25) is 0 Å². The lowest BCUT2D eigenvalue weighted by atomic mass is 10.3. The Kier molecular flexibility index (Phi) is 3.59. The molecule has 4 heterocycles. The molecule has 1 atom stereocenters. The van der Waals surface area contributed by atoms with Crippen molar-refractivity contribution in [3.63, 3.8) is 0 Å². The standard InChI is InChI=1S/C17H14N4OS/c22-16(14-5-1-2-8-19-14)20-13-6-9-21-15(13)11-23-17(21)12-4-3-7-18-10-12/h1-10,17H,11H2,(H,20,22). The zero-order valence-electron chi connectivity index (χ0n) is 12.2. The van der Waals surface area contributed by atoms with Crippen LogP contribution in [0.25, 0.3) is 0 Å². The zero-order chi connectivity index (χ0) is 15.6. The summed E-state index contributed by atoms with van der Waals surface area (Å²) in [6, 6.07) is 11.3. The molecule has 0 bridgehead atoms. The van der Waals surface area contributed by atoms with E-state index in [1.54, 1.807) is 30.6 Å². The topological polar surface area (TPSA) is 59.8 Å². The first-order valence-electron chi connectivity index (χ1n) is 7.26. The average molecular weight is 322 g/mol. The van der Waals surface area contributed by atoms with E-state index < -0.39 is 0 Å². The number of nitrogens with zero attached hydrogens (tertiary/aromatic N) is 3. The van der Waals surface area contributed by atoms with Gasteiger partial charge in [0.2, 0.25) is 0 Å². The smallest absolute Gasteiger partial charge is 0.274 e. The zero-order valence-corrected chi connectivity index (χ0v) is 13.0. The Morgan fingerprint density at radius 2 is 2.17 bits per heavy atom. The monoisotopic (exact) mass is 322 g/mol. The van der Waals surface area contributed by atoms with Gasteiger partial charge in [-0.2, -0.15) is 0 Å². The molecule has 114 valence electrons. The van der Waals surface area contributed by atoms with Crippen LogP contribution in [0, 0.1) is 0 Å². The summed E-state index contributed by atoms with van der Waals surface area (Å²) in [7, 11) is 0. The third kappa shape index (κ3) is 2.61. The van der Waals surface area contributed by atoms with E-state index in [0.717, 1.165) is 22.7 Å². The van der Waals surface area contributed by atoms with E-state index in [9.17, 15) is 4.79 Å². The summed E-state index contributed by atoms with van der Waals surface area (Å²) in [6.45, 7) is 0. The number of aromatic nitrogens is 3. The Morgan fingerprint density at radius 3 is 2.96 bits per heavy atom. The number of carbonyl (C=O) groups is 1. The molecule has 0 saturated carbocycles. The van der Waals surface area contributed by atoms with Crippen LogP contribution in [0.5, 0.6) is 0 Å². The molecule has 1 amide bonds. The Labute approximate surface area is 137 Å². The van der Waals surface area contributed by atoms with E-state index in [1.807, 2.05) is 36.3 Å². The van der Waals surface area contributed by atoms with Crippen molar-refractivity contribution in [2.24, 2.45) is 0 Å². The van der Waals surface area contributed by atoms with Gasteiger partial charge in [-0.3, -0.25) is 14.8 Å². The molecule has 0 spiro atoms. The number of hydrogen-bond donors (Lipinski definition) is 1. The van der Waals surface area contributed by atoms with Crippen molar-refractivity contribution in [2.75, 3.05) is 5.32 Å². The summed E-state index contributed by atoms with van der Waals surface area (Å²) >= 11 is 1.82. The molecule has 0 saturated heterocycles. The Morgan fingerprint density at radius 1 is 1.22 bits per heavy atom. The van der Waals surface area contributed by atoms with Crippen molar-refractivity contribution in [3.8, 4) is 0 Å². The molecule has 1 aliphatic heterocycles. The van der Waals surface area contributed by atoms with Gasteiger partial charge < -0.3 is 9.88 Å². The number of thioether (sulfide) groups is 1. The molecule has 0 radical (unpaired) electrons. The fraction of sp³-hybridized carbons (Fsp3) is 0.118. The summed E-state index contributed by atoms with van der Waals surface area (Å²) in [5.41, 5.74) is 3.55. The summed E-state index contributed by atoms with van der Waals surface area (Å²) in [5, 5.41) is 3.17. The fourth-order valence-electron chi connectivity index (χ4n) is 2.67. The second-order valence-corrected chi connectivity index (χ2v) is 6.27. The number of rotatable bonds is 3. The van der Waals surface area contributed by atoms with Crippen LogP contribution >= 0.6 is 11.8 Å². The van der Waals surface area contributed by atoms with Crippen molar-refractivity contribution in [2.45, 2.75) is 11.1 Å². The van der Waals surface area contributed by atoms with Gasteiger partial charge in [0.25, 0.3) is 5.91 Å². The lowest BCUT2D eigenvalue weighted by molar-refractivity contribution is 0.102. The van der Waals surface area contributed by atoms with Gasteiger partial charge in [0.05, 0.1) is 11.4 Å². The average Bonchev–Trinajstić information content (AvgIpc) is 3.19. The number of pyridine rings is 2. The van der Waals surface area contributed by atoms with Gasteiger partial charge in [-0.15, -0.1) is 11.8 Å². The van der Waals surface area contributed by atoms with Crippen LogP contribution in [-0.4, -0.2) is 20.4 Å². The first-order valence-corrected chi connectivity index (χ1v) is 8.31. The number of hydrogen-bond acceptors (Lipinski definition) is 4. The fourth-order valence-corrected chi connectivity index (χ4v) is 3.98. The second-order valence-electron chi connectivity index (χ2n) is 5.20. The summed E-state index contributed by atoms with van der Waals surface area (Å²) in [4.78, 5) is 20.5. The second kappa shape index (κ2) is 5.89. The number of carbonyl (C=O) groups excluding carboxylic acids is 1. The van der Waals surface area contributed by atoms with Gasteiger partial charge in [0.15, 0.2) is 0 Å². The Bertz CT molecular complexity index is 832. The van der Waals surface area contributed by atoms with E-state index >= 15 is 0 Å². The summed E-state index contributed by atoms with van der Waals surface area (Å²) in [5.74, 6) is 0.666. The minimum absolute atomic E-state index is 0.186. The highest BCUT2D eigenvalue weighted by molar-refractivity contribution is 7.99. The number of anilines is 1. The van der Waals surface area contributed by atoms with E-state index in [1.165, 1.54) is 0 Å². The molecule has 6 heteroatoms. The van der Waals surface area contributed by atoms with Crippen LogP contribution in [0.4, 0.5) is 5.69 Å². The van der Waals surface area contributed by atoms with Crippen molar-refractivity contribution in [3.05, 3.63) is 78.1 Å². The van der Waals surface area contributed by atoms with Crippen molar-refractivity contribution in [1.82, 2.24) is 14.5 Å². The molecule has 0 fully saturated rings. The molecule has 5 nitrogen and oxygen atoms in total. The molecule has 0 aromatic carbocycles. The molecule has 3 aromatic heterocycles. The number of fused-ring (bicyclic) bond motifs is 1. The van der Waals surface area contributed by atoms with Crippen LogP contribution in [0.15, 0.2) is 61.2 Å². The van der Waals surface area contributed by atoms with Crippen LogP contribution in [0.1, 0.15) is 27.1 Å². The van der Waals surface area contributed by atoms with Gasteiger partial charge in [-0.05, 0) is 24.3 Å². The number of nitrogens with one attached hydrogen (secondary N) is 1. The van der Waals surface area contributed by atoms with Crippen LogP contribution in [-0.2, 0) is 5.75 Å². The van der Waals surface area contributed by atoms with Gasteiger partial charge >= 0.3 is 0 Å². The number of amides is 1. The van der Waals surface area contributed by atoms with Gasteiger partial charge in [-0.1, -0.05) is 12.1 Å². The molecular weight excluding hydrogens is 308 g/mol. The van der Waals surface area contributed by atoms with E-state index in [0.29, 0.717) is 5.69 Å².